The molecule has 10 bridgehead atoms. The molecule has 51 heavy (non-hydrogen) atoms. The summed E-state index contributed by atoms with van der Waals surface area (Å²) in [4.78, 5) is 40.6. The van der Waals surface area contributed by atoms with Gasteiger partial charge in [-0.25, -0.2) is 9.97 Å². The van der Waals surface area contributed by atoms with Gasteiger partial charge in [-0.15, -0.1) is 0 Å². The molecule has 10 nitrogen and oxygen atoms in total. The van der Waals surface area contributed by atoms with Crippen LogP contribution < -0.4 is 15.4 Å². The minimum atomic E-state index is -1.00. The molecule has 1 unspecified atom stereocenters. The lowest BCUT2D eigenvalue weighted by atomic mass is 9.72. The maximum Gasteiger partial charge on any atom is 0.249 e. The summed E-state index contributed by atoms with van der Waals surface area (Å²) in [6.07, 6.45) is 7.70. The zero-order valence-corrected chi connectivity index (χ0v) is 28.4. The van der Waals surface area contributed by atoms with E-state index in [0.29, 0.717) is 41.2 Å². The molecule has 4 aliphatic rings. The number of anilines is 1. The van der Waals surface area contributed by atoms with Crippen molar-refractivity contribution in [2.75, 3.05) is 5.32 Å². The summed E-state index contributed by atoms with van der Waals surface area (Å²) in [6, 6.07) is 18.0. The number of aromatic nitrogens is 3. The number of hydrogen-bond acceptors (Lipinski definition) is 8. The van der Waals surface area contributed by atoms with E-state index in [-0.39, 0.29) is 24.0 Å². The van der Waals surface area contributed by atoms with Gasteiger partial charge in [0, 0.05) is 57.4 Å². The van der Waals surface area contributed by atoms with E-state index in [1.807, 2.05) is 45.2 Å². The minimum Gasteiger partial charge on any atom is -0.469 e. The fourth-order valence-corrected chi connectivity index (χ4v) is 8.53. The van der Waals surface area contributed by atoms with Crippen LogP contribution in [0, 0.1) is 11.8 Å². The van der Waals surface area contributed by atoms with E-state index in [0.717, 1.165) is 56.4 Å². The molecule has 4 aliphatic heterocycles. The smallest absolute Gasteiger partial charge is 0.249 e. The number of para-hydroxylation sites is 1. The van der Waals surface area contributed by atoms with Crippen molar-refractivity contribution in [3.05, 3.63) is 107 Å². The Kier molecular flexibility index (Phi) is 6.35. The Labute approximate surface area is 293 Å². The SMILES string of the molecule is CC/C=C/C(=O)C[C@H]1Cc2ccc3c(c2)C24c5cccc(c5N[C@H]2O3)-c2cccc3[nH]cc(c23)-c2cnc(o2)-c2nc(oc24)[C@H](C(C)C)NC1=O. The van der Waals surface area contributed by atoms with Crippen LogP contribution in [-0.2, 0) is 21.4 Å². The van der Waals surface area contributed by atoms with Crippen LogP contribution in [0.1, 0.15) is 68.0 Å². The zero-order valence-electron chi connectivity index (χ0n) is 28.4. The highest BCUT2D eigenvalue weighted by Crippen LogP contribution is 2.61. The van der Waals surface area contributed by atoms with Crippen molar-refractivity contribution in [2.45, 2.75) is 57.7 Å². The van der Waals surface area contributed by atoms with Gasteiger partial charge in [0.05, 0.1) is 6.20 Å². The monoisotopic (exact) mass is 677 g/mol. The second kappa shape index (κ2) is 10.8. The van der Waals surface area contributed by atoms with Crippen LogP contribution in [0.25, 0.3) is 44.9 Å². The van der Waals surface area contributed by atoms with Gasteiger partial charge >= 0.3 is 0 Å². The lowest BCUT2D eigenvalue weighted by Gasteiger charge is -2.28. The number of oxazole rings is 2. The van der Waals surface area contributed by atoms with E-state index < -0.39 is 23.6 Å². The van der Waals surface area contributed by atoms with Gasteiger partial charge in [-0.05, 0) is 48.1 Å². The number of amides is 1. The fourth-order valence-electron chi connectivity index (χ4n) is 8.53. The third kappa shape index (κ3) is 4.16. The van der Waals surface area contributed by atoms with Crippen molar-refractivity contribution in [3.8, 4) is 39.8 Å². The van der Waals surface area contributed by atoms with Crippen LogP contribution in [0.2, 0.25) is 0 Å². The van der Waals surface area contributed by atoms with Gasteiger partial charge in [0.2, 0.25) is 17.7 Å². The van der Waals surface area contributed by atoms with Gasteiger partial charge in [0.25, 0.3) is 0 Å². The predicted molar refractivity (Wildman–Crippen MR) is 191 cm³/mol. The van der Waals surface area contributed by atoms with E-state index in [4.69, 9.17) is 23.5 Å². The standard InChI is InChI=1S/C41H35N5O5/c1-4-5-8-23(47)17-22-15-21-13-14-30-28(16-21)41-27-11-6-10-25(34(27)46-40(41)50-30)24-9-7-12-29-32(24)26(18-42-29)31-19-43-38(49-31)35-36(41)51-39(45-35)33(20(2)3)44-37(22)48/h5-14,16,18-20,22,33,40,42,46H,4,15,17H2,1-3H3,(H,44,48)/b8-5+/t22-,33+,40+,41?/m1/s1. The van der Waals surface area contributed by atoms with Crippen LogP contribution >= 0.6 is 0 Å². The number of aromatic amines is 1. The normalized spacial score (nSPS) is 22.3. The molecule has 1 amide bonds. The lowest BCUT2D eigenvalue weighted by molar-refractivity contribution is -0.129. The first-order chi connectivity index (χ1) is 24.8. The van der Waals surface area contributed by atoms with Gasteiger partial charge in [-0.3, -0.25) is 9.59 Å². The summed E-state index contributed by atoms with van der Waals surface area (Å²) >= 11 is 0. The number of ether oxygens (including phenoxy) is 1. The predicted octanol–water partition coefficient (Wildman–Crippen LogP) is 7.85. The second-order valence-electron chi connectivity index (χ2n) is 14.3. The number of nitrogens with one attached hydrogen (secondary N) is 3. The molecule has 4 atom stereocenters. The molecule has 0 aliphatic carbocycles. The molecule has 10 heteroatoms. The van der Waals surface area contributed by atoms with Crippen molar-refractivity contribution in [1.82, 2.24) is 20.3 Å². The number of carbonyl (C=O) groups is 2. The molecule has 6 aromatic rings. The number of allylic oxidation sites excluding steroid dienone is 2. The molecule has 0 saturated carbocycles. The number of nitrogens with zero attached hydrogens (tertiary/aromatic N) is 2. The van der Waals surface area contributed by atoms with E-state index in [2.05, 4.69) is 58.1 Å². The topological polar surface area (TPSA) is 135 Å². The molecule has 1 spiro atoms. The second-order valence-corrected chi connectivity index (χ2v) is 14.3. The van der Waals surface area contributed by atoms with E-state index >= 15 is 0 Å². The number of rotatable bonds is 5. The average Bonchev–Trinajstić information content (AvgIpc) is 3.95. The highest BCUT2D eigenvalue weighted by atomic mass is 16.5. The molecule has 0 radical (unpaired) electrons. The summed E-state index contributed by atoms with van der Waals surface area (Å²) in [6.45, 7) is 6.02. The summed E-state index contributed by atoms with van der Waals surface area (Å²) in [5.41, 5.74) is 7.08. The molecular weight excluding hydrogens is 642 g/mol. The third-order valence-corrected chi connectivity index (χ3v) is 10.9. The Hall–Kier alpha value is -5.90. The summed E-state index contributed by atoms with van der Waals surface area (Å²) in [5, 5.41) is 8.05. The highest BCUT2D eigenvalue weighted by molar-refractivity contribution is 6.07. The number of ketones is 1. The Balaban J connectivity index is 1.29. The molecule has 3 N–H and O–H groups in total. The summed E-state index contributed by atoms with van der Waals surface area (Å²) in [5.74, 6) is 1.44. The van der Waals surface area contributed by atoms with Crippen LogP contribution in [0.5, 0.6) is 5.75 Å². The summed E-state index contributed by atoms with van der Waals surface area (Å²) in [7, 11) is 0. The number of hydrogen-bond donors (Lipinski definition) is 3. The van der Waals surface area contributed by atoms with Gasteiger partial charge in [-0.1, -0.05) is 69.3 Å². The van der Waals surface area contributed by atoms with Gasteiger partial charge in [-0.2, -0.15) is 0 Å². The largest absolute Gasteiger partial charge is 0.469 e. The van der Waals surface area contributed by atoms with Crippen molar-refractivity contribution < 1.29 is 23.2 Å². The molecular formula is C41H35N5O5. The Bertz CT molecular complexity index is 2470. The first kappa shape index (κ1) is 30.0. The quantitative estimate of drug-likeness (QED) is 0.157. The van der Waals surface area contributed by atoms with Crippen LogP contribution in [0.15, 0.2) is 88.0 Å². The minimum absolute atomic E-state index is 0.0789. The maximum atomic E-state index is 14.1. The Morgan fingerprint density at radius 2 is 1.90 bits per heavy atom. The van der Waals surface area contributed by atoms with E-state index in [9.17, 15) is 9.59 Å². The van der Waals surface area contributed by atoms with Crippen molar-refractivity contribution >= 4 is 28.3 Å². The van der Waals surface area contributed by atoms with Crippen LogP contribution in [-0.4, -0.2) is 32.9 Å². The fraction of sp³-hybridized carbons (Fsp3) is 0.268. The van der Waals surface area contributed by atoms with Gasteiger partial charge < -0.3 is 29.2 Å². The van der Waals surface area contributed by atoms with Crippen molar-refractivity contribution in [3.63, 3.8) is 0 Å². The molecule has 10 rings (SSSR count). The number of H-pyrrole nitrogens is 1. The Morgan fingerprint density at radius 3 is 2.76 bits per heavy atom. The maximum absolute atomic E-state index is 14.1. The average molecular weight is 678 g/mol. The number of fused-ring (bicyclic) bond motifs is 7. The van der Waals surface area contributed by atoms with Gasteiger partial charge in [0.1, 0.15) is 17.2 Å². The van der Waals surface area contributed by atoms with Crippen molar-refractivity contribution in [2.24, 2.45) is 11.8 Å². The molecule has 3 aromatic heterocycles. The van der Waals surface area contributed by atoms with Crippen molar-refractivity contribution in [1.29, 1.82) is 0 Å². The van der Waals surface area contributed by atoms with Crippen LogP contribution in [0.4, 0.5) is 5.69 Å². The highest BCUT2D eigenvalue weighted by Gasteiger charge is 2.61. The molecule has 3 aromatic carbocycles. The first-order valence-corrected chi connectivity index (χ1v) is 17.6. The third-order valence-electron chi connectivity index (χ3n) is 10.9. The molecule has 7 heterocycles. The first-order valence-electron chi connectivity index (χ1n) is 17.6. The number of carbonyl (C=O) groups excluding carboxylic acids is 2. The van der Waals surface area contributed by atoms with Crippen LogP contribution in [0.3, 0.4) is 0 Å². The summed E-state index contributed by atoms with van der Waals surface area (Å²) < 4.78 is 20.5. The van der Waals surface area contributed by atoms with E-state index in [1.54, 1.807) is 12.3 Å². The number of benzene rings is 3. The van der Waals surface area contributed by atoms with E-state index in [1.165, 1.54) is 0 Å². The zero-order chi connectivity index (χ0) is 34.6. The molecule has 0 fully saturated rings. The molecule has 254 valence electrons. The van der Waals surface area contributed by atoms with Gasteiger partial charge in [0.15, 0.2) is 29.2 Å². The lowest BCUT2D eigenvalue weighted by Crippen LogP contribution is -2.40. The Morgan fingerprint density at radius 1 is 1.04 bits per heavy atom. The molecule has 0 saturated heterocycles.